The van der Waals surface area contributed by atoms with E-state index >= 15 is 0 Å². The fourth-order valence-electron chi connectivity index (χ4n) is 2.65. The molecule has 1 aromatic carbocycles. The largest absolute Gasteiger partial charge is 0.301 e. The number of hydrogen-bond donors (Lipinski definition) is 1. The minimum atomic E-state index is -3.36. The van der Waals surface area contributed by atoms with Crippen LogP contribution in [0.25, 0.3) is 0 Å². The zero-order valence-electron chi connectivity index (χ0n) is 11.0. The first kappa shape index (κ1) is 13.1. The number of nitrogens with one attached hydrogen (secondary N) is 1. The van der Waals surface area contributed by atoms with Gasteiger partial charge in [-0.1, -0.05) is 18.2 Å². The molecule has 2 aliphatic rings. The van der Waals surface area contributed by atoms with Crippen LogP contribution in [0.1, 0.15) is 19.3 Å². The molecule has 1 heterocycles. The molecule has 1 N–H and O–H groups in total. The highest BCUT2D eigenvalue weighted by Crippen LogP contribution is 2.30. The van der Waals surface area contributed by atoms with Crippen LogP contribution >= 0.6 is 0 Å². The van der Waals surface area contributed by atoms with Gasteiger partial charge in [-0.25, -0.2) is 13.1 Å². The van der Waals surface area contributed by atoms with E-state index in [-0.39, 0.29) is 6.04 Å². The predicted octanol–water partition coefficient (Wildman–Crippen LogP) is 1.45. The maximum absolute atomic E-state index is 12.2. The maximum atomic E-state index is 12.2. The molecule has 2 fully saturated rings. The van der Waals surface area contributed by atoms with E-state index in [0.29, 0.717) is 4.90 Å². The summed E-state index contributed by atoms with van der Waals surface area (Å²) in [5.41, 5.74) is 0. The molecule has 0 bridgehead atoms. The monoisotopic (exact) mass is 280 g/mol. The van der Waals surface area contributed by atoms with E-state index in [2.05, 4.69) is 9.62 Å². The van der Waals surface area contributed by atoms with E-state index in [1.54, 1.807) is 24.3 Å². The lowest BCUT2D eigenvalue weighted by Crippen LogP contribution is -2.37. The average Bonchev–Trinajstić information content (AvgIpc) is 3.10. The molecule has 0 unspecified atom stereocenters. The van der Waals surface area contributed by atoms with Crippen molar-refractivity contribution in [3.63, 3.8) is 0 Å². The second-order valence-electron chi connectivity index (χ2n) is 5.62. The molecule has 1 atom stereocenters. The van der Waals surface area contributed by atoms with Crippen molar-refractivity contribution in [1.29, 1.82) is 0 Å². The first-order chi connectivity index (χ1) is 9.13. The standard InChI is InChI=1S/C14H20N2O2S/c17-19(18,14-4-2-1-3-5-14)15-13-8-9-16(11-13)10-12-6-7-12/h1-5,12-13,15H,6-11H2/t13-/m1/s1. The molecule has 1 aliphatic heterocycles. The van der Waals surface area contributed by atoms with Gasteiger partial charge < -0.3 is 4.90 Å². The SMILES string of the molecule is O=S(=O)(N[C@@H]1CCN(CC2CC2)C1)c1ccccc1. The Hall–Kier alpha value is -0.910. The van der Waals surface area contributed by atoms with Gasteiger partial charge in [0.05, 0.1) is 4.90 Å². The van der Waals surface area contributed by atoms with Crippen LogP contribution in [0, 0.1) is 5.92 Å². The van der Waals surface area contributed by atoms with Crippen molar-refractivity contribution in [2.75, 3.05) is 19.6 Å². The van der Waals surface area contributed by atoms with Crippen LogP contribution in [0.5, 0.6) is 0 Å². The molecule has 1 aromatic rings. The summed E-state index contributed by atoms with van der Waals surface area (Å²) in [5.74, 6) is 0.865. The van der Waals surface area contributed by atoms with Crippen molar-refractivity contribution in [3.05, 3.63) is 30.3 Å². The third-order valence-electron chi connectivity index (χ3n) is 3.86. The fourth-order valence-corrected chi connectivity index (χ4v) is 3.93. The molecule has 1 aliphatic carbocycles. The molecule has 0 amide bonds. The first-order valence-electron chi connectivity index (χ1n) is 6.93. The predicted molar refractivity (Wildman–Crippen MR) is 74.3 cm³/mol. The summed E-state index contributed by atoms with van der Waals surface area (Å²) < 4.78 is 27.2. The molecule has 19 heavy (non-hydrogen) atoms. The summed E-state index contributed by atoms with van der Waals surface area (Å²) in [6.07, 6.45) is 3.60. The van der Waals surface area contributed by atoms with Crippen molar-refractivity contribution in [2.24, 2.45) is 5.92 Å². The van der Waals surface area contributed by atoms with Crippen molar-refractivity contribution >= 4 is 10.0 Å². The van der Waals surface area contributed by atoms with E-state index in [4.69, 9.17) is 0 Å². The topological polar surface area (TPSA) is 49.4 Å². The van der Waals surface area contributed by atoms with Gasteiger partial charge in [0.15, 0.2) is 0 Å². The van der Waals surface area contributed by atoms with Gasteiger partial charge in [-0.2, -0.15) is 0 Å². The highest BCUT2D eigenvalue weighted by Gasteiger charge is 2.31. The van der Waals surface area contributed by atoms with Crippen LogP contribution in [-0.4, -0.2) is 39.0 Å². The van der Waals surface area contributed by atoms with Gasteiger partial charge in [0.2, 0.25) is 10.0 Å². The van der Waals surface area contributed by atoms with Gasteiger partial charge in [-0.05, 0) is 43.9 Å². The molecule has 104 valence electrons. The van der Waals surface area contributed by atoms with Gasteiger partial charge in [0.25, 0.3) is 0 Å². The highest BCUT2D eigenvalue weighted by atomic mass is 32.2. The minimum absolute atomic E-state index is 0.0592. The van der Waals surface area contributed by atoms with Gasteiger partial charge in [0, 0.05) is 19.1 Å². The van der Waals surface area contributed by atoms with Crippen molar-refractivity contribution in [1.82, 2.24) is 9.62 Å². The van der Waals surface area contributed by atoms with Crippen molar-refractivity contribution in [3.8, 4) is 0 Å². The Morgan fingerprint density at radius 3 is 2.58 bits per heavy atom. The number of rotatable bonds is 5. The van der Waals surface area contributed by atoms with Gasteiger partial charge in [-0.15, -0.1) is 0 Å². The summed E-state index contributed by atoms with van der Waals surface area (Å²) in [7, 11) is -3.36. The quantitative estimate of drug-likeness (QED) is 0.888. The molecule has 5 heteroatoms. The first-order valence-corrected chi connectivity index (χ1v) is 8.41. The molecule has 0 spiro atoms. The zero-order chi connectivity index (χ0) is 13.3. The second-order valence-corrected chi connectivity index (χ2v) is 7.34. The van der Waals surface area contributed by atoms with Crippen molar-refractivity contribution in [2.45, 2.75) is 30.2 Å². The Labute approximate surface area is 114 Å². The van der Waals surface area contributed by atoms with Gasteiger partial charge >= 0.3 is 0 Å². The zero-order valence-corrected chi connectivity index (χ0v) is 11.8. The number of benzene rings is 1. The van der Waals surface area contributed by atoms with Crippen molar-refractivity contribution < 1.29 is 8.42 Å². The molecule has 1 saturated carbocycles. The van der Waals surface area contributed by atoms with Crippen LogP contribution < -0.4 is 4.72 Å². The van der Waals surface area contributed by atoms with E-state index in [1.165, 1.54) is 12.8 Å². The summed E-state index contributed by atoms with van der Waals surface area (Å²) in [5, 5.41) is 0. The van der Waals surface area contributed by atoms with Crippen LogP contribution in [0.3, 0.4) is 0 Å². The van der Waals surface area contributed by atoms with Crippen LogP contribution in [0.2, 0.25) is 0 Å². The summed E-state index contributed by atoms with van der Waals surface area (Å²) >= 11 is 0. The number of hydrogen-bond acceptors (Lipinski definition) is 3. The lowest BCUT2D eigenvalue weighted by molar-refractivity contribution is 0.318. The van der Waals surface area contributed by atoms with E-state index < -0.39 is 10.0 Å². The van der Waals surface area contributed by atoms with Gasteiger partial charge in [-0.3, -0.25) is 0 Å². The highest BCUT2D eigenvalue weighted by molar-refractivity contribution is 7.89. The molecule has 0 radical (unpaired) electrons. The lowest BCUT2D eigenvalue weighted by Gasteiger charge is -2.16. The Bertz CT molecular complexity index is 526. The van der Waals surface area contributed by atoms with Gasteiger partial charge in [0.1, 0.15) is 0 Å². The van der Waals surface area contributed by atoms with E-state index in [0.717, 1.165) is 32.0 Å². The summed E-state index contributed by atoms with van der Waals surface area (Å²) in [4.78, 5) is 2.74. The normalized spacial score (nSPS) is 24.7. The number of sulfonamides is 1. The smallest absolute Gasteiger partial charge is 0.240 e. The number of likely N-dealkylation sites (tertiary alicyclic amines) is 1. The molecular formula is C14H20N2O2S. The Morgan fingerprint density at radius 1 is 1.16 bits per heavy atom. The molecular weight excluding hydrogens is 260 g/mol. The average molecular weight is 280 g/mol. The minimum Gasteiger partial charge on any atom is -0.301 e. The van der Waals surface area contributed by atoms with E-state index in [9.17, 15) is 8.42 Å². The Balaban J connectivity index is 1.59. The third-order valence-corrected chi connectivity index (χ3v) is 5.40. The Kier molecular flexibility index (Phi) is 3.60. The fraction of sp³-hybridized carbons (Fsp3) is 0.571. The molecule has 3 rings (SSSR count). The van der Waals surface area contributed by atoms with Crippen LogP contribution in [-0.2, 0) is 10.0 Å². The summed E-state index contributed by atoms with van der Waals surface area (Å²) in [6.45, 7) is 3.00. The third kappa shape index (κ3) is 3.35. The molecule has 0 aromatic heterocycles. The summed E-state index contributed by atoms with van der Waals surface area (Å²) in [6, 6.07) is 8.67. The Morgan fingerprint density at radius 2 is 1.89 bits per heavy atom. The molecule has 4 nitrogen and oxygen atoms in total. The number of nitrogens with zero attached hydrogens (tertiary/aromatic N) is 1. The maximum Gasteiger partial charge on any atom is 0.240 e. The van der Waals surface area contributed by atoms with E-state index in [1.807, 2.05) is 6.07 Å². The molecule has 1 saturated heterocycles. The lowest BCUT2D eigenvalue weighted by atomic mass is 10.3. The second kappa shape index (κ2) is 5.23. The van der Waals surface area contributed by atoms with Crippen LogP contribution in [0.4, 0.5) is 0 Å². The van der Waals surface area contributed by atoms with Crippen LogP contribution in [0.15, 0.2) is 35.2 Å².